The lowest BCUT2D eigenvalue weighted by atomic mass is 9.42. The van der Waals surface area contributed by atoms with E-state index in [1.807, 2.05) is 23.1 Å². The summed E-state index contributed by atoms with van der Waals surface area (Å²) in [6, 6.07) is 10.3. The Morgan fingerprint density at radius 3 is 2.43 bits per heavy atom. The Morgan fingerprint density at radius 2 is 1.86 bits per heavy atom. The summed E-state index contributed by atoms with van der Waals surface area (Å²) < 4.78 is 0. The van der Waals surface area contributed by atoms with Crippen molar-refractivity contribution in [3.8, 4) is 6.07 Å². The number of nitrogens with zero attached hydrogens (tertiary/aromatic N) is 2. The number of aliphatic hydroxyl groups is 1. The van der Waals surface area contributed by atoms with Crippen molar-refractivity contribution in [1.82, 2.24) is 4.90 Å². The predicted molar refractivity (Wildman–Crippen MR) is 106 cm³/mol. The van der Waals surface area contributed by atoms with Gasteiger partial charge in [-0.1, -0.05) is 23.7 Å². The van der Waals surface area contributed by atoms with Crippen molar-refractivity contribution >= 4 is 17.5 Å². The fourth-order valence-corrected chi connectivity index (χ4v) is 7.10. The van der Waals surface area contributed by atoms with Gasteiger partial charge in [0.25, 0.3) is 0 Å². The van der Waals surface area contributed by atoms with E-state index in [0.29, 0.717) is 43.2 Å². The van der Waals surface area contributed by atoms with Crippen LogP contribution < -0.4 is 0 Å². The molecule has 0 atom stereocenters. The van der Waals surface area contributed by atoms with Crippen molar-refractivity contribution in [2.24, 2.45) is 35.0 Å². The molecular formula is C23H27ClN2O2. The SMILES string of the molecule is N#CC1CN(C(=O)CC2(Cc3cccc(Cl)c3)C3CC4CC2CC(C3)C4O)C1. The molecule has 6 rings (SSSR count). The Balaban J connectivity index is 1.44. The number of hydrogen-bond donors (Lipinski definition) is 1. The Kier molecular flexibility index (Phi) is 4.45. The van der Waals surface area contributed by atoms with E-state index in [1.54, 1.807) is 0 Å². The number of carbonyl (C=O) groups is 1. The lowest BCUT2D eigenvalue weighted by molar-refractivity contribution is -0.177. The van der Waals surface area contributed by atoms with Crippen LogP contribution in [0.4, 0.5) is 0 Å². The van der Waals surface area contributed by atoms with E-state index in [-0.39, 0.29) is 23.3 Å². The van der Waals surface area contributed by atoms with Crippen LogP contribution in [0.3, 0.4) is 0 Å². The number of carbonyl (C=O) groups excluding carboxylic acids is 1. The van der Waals surface area contributed by atoms with Crippen LogP contribution in [-0.2, 0) is 11.2 Å². The van der Waals surface area contributed by atoms with Gasteiger partial charge in [0, 0.05) is 24.5 Å². The Labute approximate surface area is 171 Å². The molecule has 28 heavy (non-hydrogen) atoms. The van der Waals surface area contributed by atoms with Gasteiger partial charge in [0.1, 0.15) is 0 Å². The van der Waals surface area contributed by atoms with E-state index in [2.05, 4.69) is 12.1 Å². The van der Waals surface area contributed by atoms with Crippen molar-refractivity contribution in [2.45, 2.75) is 44.6 Å². The smallest absolute Gasteiger partial charge is 0.223 e. The van der Waals surface area contributed by atoms with Gasteiger partial charge in [0.15, 0.2) is 0 Å². The molecule has 0 spiro atoms. The van der Waals surface area contributed by atoms with Crippen LogP contribution in [0.2, 0.25) is 5.02 Å². The van der Waals surface area contributed by atoms with E-state index in [1.165, 1.54) is 5.56 Å². The second kappa shape index (κ2) is 6.75. The van der Waals surface area contributed by atoms with Crippen LogP contribution in [0.25, 0.3) is 0 Å². The van der Waals surface area contributed by atoms with E-state index >= 15 is 0 Å². The molecule has 0 aromatic heterocycles. The highest BCUT2D eigenvalue weighted by Gasteiger charge is 2.60. The van der Waals surface area contributed by atoms with Crippen LogP contribution in [0.5, 0.6) is 0 Å². The van der Waals surface area contributed by atoms with Gasteiger partial charge in [-0.25, -0.2) is 0 Å². The van der Waals surface area contributed by atoms with Crippen molar-refractivity contribution in [1.29, 1.82) is 5.26 Å². The maximum absolute atomic E-state index is 13.1. The van der Waals surface area contributed by atoms with Gasteiger partial charge >= 0.3 is 0 Å². The average molecular weight is 399 g/mol. The molecule has 4 bridgehead atoms. The minimum absolute atomic E-state index is 0.00137. The maximum atomic E-state index is 13.1. The van der Waals surface area contributed by atoms with Crippen molar-refractivity contribution in [2.75, 3.05) is 13.1 Å². The number of hydrogen-bond acceptors (Lipinski definition) is 3. The van der Waals surface area contributed by atoms with E-state index in [0.717, 1.165) is 37.1 Å². The van der Waals surface area contributed by atoms with Crippen LogP contribution in [0.15, 0.2) is 24.3 Å². The highest BCUT2D eigenvalue weighted by atomic mass is 35.5. The summed E-state index contributed by atoms with van der Waals surface area (Å²) in [5, 5.41) is 20.4. The standard InChI is InChI=1S/C23H27ClN2O2/c24-20-3-1-2-14(4-20)9-23(10-21(27)26-12-15(11-25)13-26)18-5-16-6-19(23)8-17(7-18)22(16)28/h1-4,15-19,22,28H,5-10,12-13H2. The molecule has 5 heteroatoms. The molecule has 1 aromatic rings. The number of nitriles is 1. The van der Waals surface area contributed by atoms with Crippen LogP contribution in [-0.4, -0.2) is 35.1 Å². The first-order valence-electron chi connectivity index (χ1n) is 10.6. The molecule has 4 aliphatic carbocycles. The molecule has 1 aliphatic heterocycles. The summed E-state index contributed by atoms with van der Waals surface area (Å²) >= 11 is 6.26. The minimum atomic E-state index is -0.140. The maximum Gasteiger partial charge on any atom is 0.223 e. The first-order valence-corrected chi connectivity index (χ1v) is 11.0. The summed E-state index contributed by atoms with van der Waals surface area (Å²) in [5.41, 5.74) is 1.18. The summed E-state index contributed by atoms with van der Waals surface area (Å²) in [6.07, 6.45) is 5.50. The number of aliphatic hydroxyl groups excluding tert-OH is 1. The molecule has 0 radical (unpaired) electrons. The molecule has 1 saturated heterocycles. The van der Waals surface area contributed by atoms with Crippen LogP contribution in [0.1, 0.15) is 37.7 Å². The fourth-order valence-electron chi connectivity index (χ4n) is 6.89. The van der Waals surface area contributed by atoms with Gasteiger partial charge in [-0.3, -0.25) is 4.79 Å². The monoisotopic (exact) mass is 398 g/mol. The molecule has 148 valence electrons. The second-order valence-electron chi connectivity index (χ2n) is 9.69. The molecule has 5 aliphatic rings. The van der Waals surface area contributed by atoms with Gasteiger partial charge < -0.3 is 10.0 Å². The number of halogens is 1. The van der Waals surface area contributed by atoms with Gasteiger partial charge in [-0.05, 0) is 78.9 Å². The third-order valence-electron chi connectivity index (χ3n) is 8.26. The Bertz CT molecular complexity index is 796. The summed E-state index contributed by atoms with van der Waals surface area (Å²) in [6.45, 7) is 1.17. The molecule has 1 amide bonds. The third-order valence-corrected chi connectivity index (χ3v) is 8.50. The van der Waals surface area contributed by atoms with Crippen molar-refractivity contribution < 1.29 is 9.90 Å². The second-order valence-corrected chi connectivity index (χ2v) is 10.1. The zero-order chi connectivity index (χ0) is 19.5. The van der Waals surface area contributed by atoms with Gasteiger partial charge in [0.05, 0.1) is 18.1 Å². The van der Waals surface area contributed by atoms with E-state index < -0.39 is 0 Å². The van der Waals surface area contributed by atoms with E-state index in [9.17, 15) is 9.90 Å². The number of benzene rings is 1. The van der Waals surface area contributed by atoms with Crippen molar-refractivity contribution in [3.05, 3.63) is 34.9 Å². The normalized spacial score (nSPS) is 38.9. The molecule has 1 heterocycles. The first kappa shape index (κ1) is 18.5. The summed E-state index contributed by atoms with van der Waals surface area (Å²) in [5.74, 6) is 2.03. The zero-order valence-electron chi connectivity index (χ0n) is 16.1. The zero-order valence-corrected chi connectivity index (χ0v) is 16.8. The number of amides is 1. The lowest BCUT2D eigenvalue weighted by Gasteiger charge is -2.63. The molecule has 4 saturated carbocycles. The van der Waals surface area contributed by atoms with Gasteiger partial charge in [-0.15, -0.1) is 0 Å². The number of rotatable bonds is 4. The lowest BCUT2D eigenvalue weighted by Crippen LogP contribution is -2.60. The van der Waals surface area contributed by atoms with Crippen molar-refractivity contribution in [3.63, 3.8) is 0 Å². The predicted octanol–water partition coefficient (Wildman–Crippen LogP) is 3.67. The molecule has 1 N–H and O–H groups in total. The van der Waals surface area contributed by atoms with Gasteiger partial charge in [0.2, 0.25) is 5.91 Å². The molecular weight excluding hydrogens is 372 g/mol. The molecule has 0 unspecified atom stereocenters. The topological polar surface area (TPSA) is 64.3 Å². The third kappa shape index (κ3) is 2.86. The minimum Gasteiger partial charge on any atom is -0.393 e. The van der Waals surface area contributed by atoms with Gasteiger partial charge in [-0.2, -0.15) is 5.26 Å². The largest absolute Gasteiger partial charge is 0.393 e. The molecule has 1 aromatic carbocycles. The Hall–Kier alpha value is -1.57. The fraction of sp³-hybridized carbons (Fsp3) is 0.652. The van der Waals surface area contributed by atoms with Crippen LogP contribution in [0, 0.1) is 46.3 Å². The highest BCUT2D eigenvalue weighted by Crippen LogP contribution is 2.64. The summed E-state index contributed by atoms with van der Waals surface area (Å²) in [4.78, 5) is 15.0. The molecule has 4 nitrogen and oxygen atoms in total. The average Bonchev–Trinajstić information content (AvgIpc) is 2.59. The molecule has 5 fully saturated rings. The quantitative estimate of drug-likeness (QED) is 0.841. The summed E-state index contributed by atoms with van der Waals surface area (Å²) in [7, 11) is 0. The first-order chi connectivity index (χ1) is 13.5. The van der Waals surface area contributed by atoms with Crippen LogP contribution >= 0.6 is 11.6 Å². The number of likely N-dealkylation sites (tertiary alicyclic amines) is 1. The highest BCUT2D eigenvalue weighted by molar-refractivity contribution is 6.30. The Morgan fingerprint density at radius 1 is 1.21 bits per heavy atom. The van der Waals surface area contributed by atoms with E-state index in [4.69, 9.17) is 16.9 Å².